The van der Waals surface area contributed by atoms with Gasteiger partial charge in [0.2, 0.25) is 0 Å². The molecule has 0 saturated carbocycles. The molecule has 0 radical (unpaired) electrons. The molecule has 0 bridgehead atoms. The number of rotatable bonds is 2. The van der Waals surface area contributed by atoms with Gasteiger partial charge < -0.3 is 10.6 Å². The summed E-state index contributed by atoms with van der Waals surface area (Å²) in [4.78, 5) is 0. The van der Waals surface area contributed by atoms with Crippen molar-refractivity contribution in [2.45, 2.75) is 20.3 Å². The van der Waals surface area contributed by atoms with Gasteiger partial charge in [-0.3, -0.25) is 0 Å². The monoisotopic (exact) mass is 118 g/mol. The molecule has 0 spiro atoms. The van der Waals surface area contributed by atoms with Crippen molar-refractivity contribution in [2.75, 3.05) is 0 Å². The molecule has 0 saturated heterocycles. The van der Waals surface area contributed by atoms with Crippen molar-refractivity contribution < 1.29 is 10.6 Å². The van der Waals surface area contributed by atoms with Crippen molar-refractivity contribution in [3.8, 4) is 0 Å². The Labute approximate surface area is 50.1 Å². The molecule has 0 amide bonds. The van der Waals surface area contributed by atoms with Crippen molar-refractivity contribution >= 4 is 0 Å². The first-order valence-corrected chi connectivity index (χ1v) is 2.56. The molecule has 2 nitrogen and oxygen atoms in total. The summed E-state index contributed by atoms with van der Waals surface area (Å²) >= 11 is 0. The summed E-state index contributed by atoms with van der Waals surface area (Å²) in [7, 11) is 0. The number of hydrogen-bond donors (Lipinski definition) is 1. The van der Waals surface area contributed by atoms with Crippen molar-refractivity contribution in [1.82, 2.24) is 0 Å². The van der Waals surface area contributed by atoms with Crippen LogP contribution >= 0.6 is 0 Å². The third-order valence-electron chi connectivity index (χ3n) is 0.713. The zero-order valence-corrected chi connectivity index (χ0v) is 5.39. The van der Waals surface area contributed by atoms with Crippen LogP contribution in [0.2, 0.25) is 0 Å². The van der Waals surface area contributed by atoms with E-state index < -0.39 is 0 Å². The molecule has 0 aromatic rings. The largest absolute Gasteiger partial charge is 0.516 e. The van der Waals surface area contributed by atoms with E-state index in [0.717, 1.165) is 12.7 Å². The van der Waals surface area contributed by atoms with Crippen molar-refractivity contribution in [3.05, 3.63) is 12.3 Å². The maximum absolute atomic E-state index is 8.13. The Balaban J connectivity index is 0. The average molecular weight is 118 g/mol. The van der Waals surface area contributed by atoms with Crippen molar-refractivity contribution in [1.29, 1.82) is 0 Å². The molecular formula is C6H14O2. The molecule has 0 atom stereocenters. The quantitative estimate of drug-likeness (QED) is 0.545. The summed E-state index contributed by atoms with van der Waals surface area (Å²) in [6.45, 7) is 4.22. The van der Waals surface area contributed by atoms with E-state index in [2.05, 4.69) is 13.8 Å². The predicted octanol–water partition coefficient (Wildman–Crippen LogP) is 1.28. The maximum Gasteiger partial charge on any atom is 0.0751 e. The number of hydrogen-bond acceptors (Lipinski definition) is 1. The second-order valence-electron chi connectivity index (χ2n) is 2.01. The molecule has 0 aliphatic rings. The Morgan fingerprint density at radius 2 is 2.00 bits per heavy atom. The lowest BCUT2D eigenvalue weighted by Gasteiger charge is -1.93. The fourth-order valence-corrected chi connectivity index (χ4v) is 0.333. The summed E-state index contributed by atoms with van der Waals surface area (Å²) in [6, 6.07) is 0. The highest BCUT2D eigenvalue weighted by Gasteiger charge is 1.84. The van der Waals surface area contributed by atoms with Gasteiger partial charge in [-0.05, 0) is 18.4 Å². The zero-order valence-electron chi connectivity index (χ0n) is 5.39. The van der Waals surface area contributed by atoms with Crippen LogP contribution in [0.4, 0.5) is 0 Å². The van der Waals surface area contributed by atoms with Crippen LogP contribution in [0.1, 0.15) is 20.3 Å². The number of allylic oxidation sites excluding steroid dienone is 1. The summed E-state index contributed by atoms with van der Waals surface area (Å²) in [5.41, 5.74) is 0. The van der Waals surface area contributed by atoms with Gasteiger partial charge in [0.15, 0.2) is 0 Å². The smallest absolute Gasteiger partial charge is 0.0751 e. The lowest BCUT2D eigenvalue weighted by molar-refractivity contribution is 0.467. The SMILES string of the molecule is CC(C)CC=CO.O. The topological polar surface area (TPSA) is 51.7 Å². The molecule has 0 aromatic carbocycles. The number of aliphatic hydroxyl groups excluding tert-OH is 1. The maximum atomic E-state index is 8.13. The molecule has 2 heteroatoms. The molecular weight excluding hydrogens is 104 g/mol. The van der Waals surface area contributed by atoms with Gasteiger partial charge in [0, 0.05) is 0 Å². The summed E-state index contributed by atoms with van der Waals surface area (Å²) in [6.07, 6.45) is 3.82. The Hall–Kier alpha value is -0.500. The first kappa shape index (κ1) is 10.5. The van der Waals surface area contributed by atoms with Gasteiger partial charge >= 0.3 is 0 Å². The van der Waals surface area contributed by atoms with Crippen LogP contribution in [0.5, 0.6) is 0 Å². The van der Waals surface area contributed by atoms with Gasteiger partial charge in [-0.15, -0.1) is 0 Å². The zero-order chi connectivity index (χ0) is 5.70. The van der Waals surface area contributed by atoms with Crippen molar-refractivity contribution in [2.24, 2.45) is 5.92 Å². The fourth-order valence-electron chi connectivity index (χ4n) is 0.333. The van der Waals surface area contributed by atoms with Gasteiger partial charge in [0.25, 0.3) is 0 Å². The molecule has 0 unspecified atom stereocenters. The van der Waals surface area contributed by atoms with E-state index in [0.29, 0.717) is 5.92 Å². The molecule has 3 N–H and O–H groups in total. The lowest BCUT2D eigenvalue weighted by atomic mass is 10.1. The first-order chi connectivity index (χ1) is 3.27. The van der Waals surface area contributed by atoms with Gasteiger partial charge in [-0.1, -0.05) is 13.8 Å². The van der Waals surface area contributed by atoms with E-state index in [-0.39, 0.29) is 5.48 Å². The van der Waals surface area contributed by atoms with Crippen LogP contribution in [0.25, 0.3) is 0 Å². The summed E-state index contributed by atoms with van der Waals surface area (Å²) in [5, 5.41) is 8.13. The second kappa shape index (κ2) is 6.50. The Morgan fingerprint density at radius 1 is 1.50 bits per heavy atom. The van der Waals surface area contributed by atoms with Crippen LogP contribution in [0.15, 0.2) is 12.3 Å². The van der Waals surface area contributed by atoms with E-state index in [9.17, 15) is 0 Å². The highest BCUT2D eigenvalue weighted by Crippen LogP contribution is 1.97. The predicted molar refractivity (Wildman–Crippen MR) is 34.8 cm³/mol. The van der Waals surface area contributed by atoms with Gasteiger partial charge in [-0.2, -0.15) is 0 Å². The van der Waals surface area contributed by atoms with E-state index >= 15 is 0 Å². The van der Waals surface area contributed by atoms with E-state index in [1.165, 1.54) is 0 Å². The van der Waals surface area contributed by atoms with E-state index in [1.807, 2.05) is 0 Å². The summed E-state index contributed by atoms with van der Waals surface area (Å²) in [5.74, 6) is 0.656. The Morgan fingerprint density at radius 3 is 2.12 bits per heavy atom. The van der Waals surface area contributed by atoms with Gasteiger partial charge in [0.1, 0.15) is 0 Å². The summed E-state index contributed by atoms with van der Waals surface area (Å²) < 4.78 is 0. The molecule has 0 aliphatic carbocycles. The van der Waals surface area contributed by atoms with Crippen LogP contribution < -0.4 is 0 Å². The minimum absolute atomic E-state index is 0. The molecule has 0 aliphatic heterocycles. The molecule has 0 fully saturated rings. The molecule has 0 rings (SSSR count). The van der Waals surface area contributed by atoms with Crippen LogP contribution in [0, 0.1) is 5.92 Å². The third-order valence-corrected chi connectivity index (χ3v) is 0.713. The molecule has 0 aromatic heterocycles. The standard InChI is InChI=1S/C6H12O.H2O/c1-6(2)4-3-5-7;/h3,5-7H,4H2,1-2H3;1H2. The van der Waals surface area contributed by atoms with Crippen LogP contribution in [-0.4, -0.2) is 10.6 Å². The van der Waals surface area contributed by atoms with Crippen LogP contribution in [0.3, 0.4) is 0 Å². The normalized spacial score (nSPS) is 9.88. The minimum Gasteiger partial charge on any atom is -0.516 e. The Kier molecular flexibility index (Phi) is 8.51. The lowest BCUT2D eigenvalue weighted by Crippen LogP contribution is -1.80. The first-order valence-electron chi connectivity index (χ1n) is 2.56. The highest BCUT2D eigenvalue weighted by atomic mass is 16.2. The van der Waals surface area contributed by atoms with Gasteiger partial charge in [-0.25, -0.2) is 0 Å². The van der Waals surface area contributed by atoms with Gasteiger partial charge in [0.05, 0.1) is 6.26 Å². The van der Waals surface area contributed by atoms with E-state index in [4.69, 9.17) is 5.11 Å². The number of aliphatic hydroxyl groups is 1. The molecule has 50 valence electrons. The fraction of sp³-hybridized carbons (Fsp3) is 0.667. The third kappa shape index (κ3) is 9.09. The average Bonchev–Trinajstić information content (AvgIpc) is 1.61. The Bertz CT molecular complexity index is 57.5. The second-order valence-corrected chi connectivity index (χ2v) is 2.01. The molecule has 0 heterocycles. The van der Waals surface area contributed by atoms with Crippen molar-refractivity contribution in [3.63, 3.8) is 0 Å². The van der Waals surface area contributed by atoms with Crippen LogP contribution in [-0.2, 0) is 0 Å². The minimum atomic E-state index is 0. The molecule has 8 heavy (non-hydrogen) atoms. The highest BCUT2D eigenvalue weighted by molar-refractivity contribution is 4.72. The van der Waals surface area contributed by atoms with E-state index in [1.54, 1.807) is 6.08 Å².